The molecule has 0 aromatic carbocycles. The number of hydrogen-bond acceptors (Lipinski definition) is 3. The lowest BCUT2D eigenvalue weighted by Crippen LogP contribution is -2.24. The Morgan fingerprint density at radius 3 is 3.33 bits per heavy atom. The van der Waals surface area contributed by atoms with Crippen molar-refractivity contribution in [1.29, 1.82) is 0 Å². The van der Waals surface area contributed by atoms with Crippen molar-refractivity contribution >= 4 is 17.5 Å². The van der Waals surface area contributed by atoms with Crippen molar-refractivity contribution in [3.63, 3.8) is 0 Å². The van der Waals surface area contributed by atoms with Gasteiger partial charge in [0.25, 0.3) is 0 Å². The number of Topliss-reactive ketones (excluding diaryl/α,β-unsaturated/α-hetero) is 1. The van der Waals surface area contributed by atoms with Crippen LogP contribution >= 0.6 is 11.8 Å². The summed E-state index contributed by atoms with van der Waals surface area (Å²) in [4.78, 5) is 10.8. The van der Waals surface area contributed by atoms with E-state index >= 15 is 0 Å². The van der Waals surface area contributed by atoms with E-state index in [1.165, 1.54) is 0 Å². The number of carbonyl (C=O) groups excluding carboxylic acids is 1. The van der Waals surface area contributed by atoms with Gasteiger partial charge in [0, 0.05) is 18.3 Å². The van der Waals surface area contributed by atoms with Gasteiger partial charge >= 0.3 is 0 Å². The predicted octanol–water partition coefficient (Wildman–Crippen LogP) is 0.628. The number of ketones is 1. The number of rotatable bonds is 0. The number of nitrogens with one attached hydrogen (secondary N) is 1. The highest BCUT2D eigenvalue weighted by Gasteiger charge is 2.11. The summed E-state index contributed by atoms with van der Waals surface area (Å²) in [5.74, 6) is 1.99. The first-order valence-corrected chi connectivity index (χ1v) is 4.27. The average molecular weight is 145 g/mol. The quantitative estimate of drug-likeness (QED) is 0.542. The number of carbonyl (C=O) groups is 1. The van der Waals surface area contributed by atoms with Crippen LogP contribution in [0.4, 0.5) is 0 Å². The number of thioether (sulfide) groups is 1. The van der Waals surface area contributed by atoms with E-state index in [0.717, 1.165) is 5.88 Å². The molecule has 1 N–H and O–H groups in total. The molecule has 1 heterocycles. The van der Waals surface area contributed by atoms with Crippen LogP contribution in [0.15, 0.2) is 0 Å². The molecule has 0 saturated carbocycles. The van der Waals surface area contributed by atoms with E-state index < -0.39 is 0 Å². The highest BCUT2D eigenvalue weighted by molar-refractivity contribution is 7.99. The van der Waals surface area contributed by atoms with Gasteiger partial charge in [-0.15, -0.1) is 11.8 Å². The van der Waals surface area contributed by atoms with Crippen molar-refractivity contribution in [3.8, 4) is 0 Å². The van der Waals surface area contributed by atoms with Gasteiger partial charge in [-0.05, 0) is 6.92 Å². The SMILES string of the molecule is CC1CC(=O)CSCN1. The first-order valence-electron chi connectivity index (χ1n) is 3.12. The second-order valence-electron chi connectivity index (χ2n) is 2.34. The molecule has 1 fully saturated rings. The van der Waals surface area contributed by atoms with Gasteiger partial charge in [0.15, 0.2) is 0 Å². The van der Waals surface area contributed by atoms with E-state index in [4.69, 9.17) is 0 Å². The first kappa shape index (κ1) is 7.09. The molecule has 0 aliphatic carbocycles. The van der Waals surface area contributed by atoms with E-state index in [-0.39, 0.29) is 0 Å². The van der Waals surface area contributed by atoms with E-state index in [1.807, 2.05) is 6.92 Å². The summed E-state index contributed by atoms with van der Waals surface area (Å²) in [7, 11) is 0. The second-order valence-corrected chi connectivity index (χ2v) is 3.33. The van der Waals surface area contributed by atoms with Crippen molar-refractivity contribution in [3.05, 3.63) is 0 Å². The van der Waals surface area contributed by atoms with E-state index in [1.54, 1.807) is 11.8 Å². The van der Waals surface area contributed by atoms with E-state index in [2.05, 4.69) is 5.32 Å². The van der Waals surface area contributed by atoms with Crippen LogP contribution in [0.2, 0.25) is 0 Å². The Labute approximate surface area is 59.4 Å². The molecule has 0 radical (unpaired) electrons. The molecule has 1 atom stereocenters. The van der Waals surface area contributed by atoms with Crippen LogP contribution in [-0.2, 0) is 4.79 Å². The third-order valence-corrected chi connectivity index (χ3v) is 2.23. The van der Waals surface area contributed by atoms with Gasteiger partial charge in [-0.3, -0.25) is 4.79 Å². The average Bonchev–Trinajstić information content (AvgIpc) is 1.93. The Hall–Kier alpha value is -0.0200. The predicted molar refractivity (Wildman–Crippen MR) is 39.5 cm³/mol. The molecule has 0 bridgehead atoms. The summed E-state index contributed by atoms with van der Waals surface area (Å²) in [5.41, 5.74) is 0. The largest absolute Gasteiger partial charge is 0.305 e. The van der Waals surface area contributed by atoms with Crippen LogP contribution in [0.1, 0.15) is 13.3 Å². The van der Waals surface area contributed by atoms with Gasteiger partial charge in [0.1, 0.15) is 5.78 Å². The van der Waals surface area contributed by atoms with Crippen molar-refractivity contribution < 1.29 is 4.79 Å². The van der Waals surface area contributed by atoms with Crippen LogP contribution in [0.25, 0.3) is 0 Å². The molecule has 1 aliphatic rings. The zero-order valence-corrected chi connectivity index (χ0v) is 6.33. The maximum Gasteiger partial charge on any atom is 0.144 e. The smallest absolute Gasteiger partial charge is 0.144 e. The number of hydrogen-bond donors (Lipinski definition) is 1. The molecule has 0 amide bonds. The Balaban J connectivity index is 2.37. The minimum atomic E-state index is 0.373. The Kier molecular flexibility index (Phi) is 2.54. The highest BCUT2D eigenvalue weighted by atomic mass is 32.2. The molecule has 1 rings (SSSR count). The maximum absolute atomic E-state index is 10.8. The fourth-order valence-electron chi connectivity index (χ4n) is 0.839. The Bertz CT molecular complexity index is 116. The summed E-state index contributed by atoms with van der Waals surface area (Å²) >= 11 is 1.67. The Morgan fingerprint density at radius 2 is 2.56 bits per heavy atom. The van der Waals surface area contributed by atoms with Gasteiger partial charge in [0.05, 0.1) is 5.75 Å². The van der Waals surface area contributed by atoms with Crippen LogP contribution in [0, 0.1) is 0 Å². The molecule has 1 saturated heterocycles. The molecule has 1 aliphatic heterocycles. The first-order chi connectivity index (χ1) is 4.29. The molecule has 3 heteroatoms. The lowest BCUT2D eigenvalue weighted by molar-refractivity contribution is -0.116. The van der Waals surface area contributed by atoms with E-state index in [9.17, 15) is 4.79 Å². The van der Waals surface area contributed by atoms with Crippen molar-refractivity contribution in [2.75, 3.05) is 11.6 Å². The van der Waals surface area contributed by atoms with Crippen molar-refractivity contribution in [1.82, 2.24) is 5.32 Å². The monoisotopic (exact) mass is 145 g/mol. The topological polar surface area (TPSA) is 29.1 Å². The van der Waals surface area contributed by atoms with Gasteiger partial charge in [0.2, 0.25) is 0 Å². The summed E-state index contributed by atoms with van der Waals surface area (Å²) in [6.45, 7) is 2.05. The fourth-order valence-corrected chi connectivity index (χ4v) is 1.69. The minimum absolute atomic E-state index is 0.373. The van der Waals surface area contributed by atoms with Crippen LogP contribution in [0.5, 0.6) is 0 Å². The zero-order chi connectivity index (χ0) is 6.69. The maximum atomic E-state index is 10.8. The fraction of sp³-hybridized carbons (Fsp3) is 0.833. The molecule has 1 unspecified atom stereocenters. The standard InChI is InChI=1S/C6H11NOS/c1-5-2-6(8)3-9-4-7-5/h5,7H,2-4H2,1H3. The van der Waals surface area contributed by atoms with Crippen LogP contribution in [0.3, 0.4) is 0 Å². The summed E-state index contributed by atoms with van der Waals surface area (Å²) in [6, 6.07) is 0.382. The summed E-state index contributed by atoms with van der Waals surface area (Å²) < 4.78 is 0. The molecular formula is C6H11NOS. The second kappa shape index (κ2) is 3.22. The van der Waals surface area contributed by atoms with E-state index in [0.29, 0.717) is 24.0 Å². The molecule has 0 aromatic heterocycles. The summed E-state index contributed by atoms with van der Waals surface area (Å²) in [6.07, 6.45) is 0.701. The lowest BCUT2D eigenvalue weighted by Gasteiger charge is -2.05. The van der Waals surface area contributed by atoms with Gasteiger partial charge in [-0.2, -0.15) is 0 Å². The highest BCUT2D eigenvalue weighted by Crippen LogP contribution is 2.07. The minimum Gasteiger partial charge on any atom is -0.305 e. The van der Waals surface area contributed by atoms with Crippen LogP contribution < -0.4 is 5.32 Å². The zero-order valence-electron chi connectivity index (χ0n) is 5.52. The molecule has 52 valence electrons. The molecular weight excluding hydrogens is 134 g/mol. The van der Waals surface area contributed by atoms with Crippen LogP contribution in [-0.4, -0.2) is 23.5 Å². The molecule has 2 nitrogen and oxygen atoms in total. The van der Waals surface area contributed by atoms with Gasteiger partial charge in [-0.1, -0.05) is 0 Å². The van der Waals surface area contributed by atoms with Gasteiger partial charge in [-0.25, -0.2) is 0 Å². The van der Waals surface area contributed by atoms with Crippen molar-refractivity contribution in [2.24, 2.45) is 0 Å². The Morgan fingerprint density at radius 1 is 1.78 bits per heavy atom. The third-order valence-electron chi connectivity index (χ3n) is 1.33. The lowest BCUT2D eigenvalue weighted by atomic mass is 10.2. The normalized spacial score (nSPS) is 29.9. The van der Waals surface area contributed by atoms with Crippen molar-refractivity contribution in [2.45, 2.75) is 19.4 Å². The summed E-state index contributed by atoms with van der Waals surface area (Å²) in [5, 5.41) is 3.22. The third kappa shape index (κ3) is 2.37. The molecule has 0 spiro atoms. The molecule has 9 heavy (non-hydrogen) atoms. The van der Waals surface area contributed by atoms with Gasteiger partial charge < -0.3 is 5.32 Å². The molecule has 0 aromatic rings.